The van der Waals surface area contributed by atoms with Gasteiger partial charge in [-0.3, -0.25) is 0 Å². The van der Waals surface area contributed by atoms with Crippen LogP contribution in [0.15, 0.2) is 18.2 Å². The lowest BCUT2D eigenvalue weighted by atomic mass is 9.94. The summed E-state index contributed by atoms with van der Waals surface area (Å²) in [5.74, 6) is 0.955. The molecular formula is C13H20O3S. The van der Waals surface area contributed by atoms with Crippen molar-refractivity contribution >= 4 is 10.1 Å². The molecule has 17 heavy (non-hydrogen) atoms. The van der Waals surface area contributed by atoms with E-state index in [1.165, 1.54) is 0 Å². The molecule has 0 aliphatic heterocycles. The fraction of sp³-hybridized carbons (Fsp3) is 0.538. The van der Waals surface area contributed by atoms with Crippen LogP contribution >= 0.6 is 0 Å². The van der Waals surface area contributed by atoms with E-state index in [0.717, 1.165) is 17.4 Å². The highest BCUT2D eigenvalue weighted by Crippen LogP contribution is 2.35. The highest BCUT2D eigenvalue weighted by Gasteiger charge is 2.18. The summed E-state index contributed by atoms with van der Waals surface area (Å²) in [7, 11) is -3.49. The lowest BCUT2D eigenvalue weighted by molar-refractivity contribution is 0.482. The van der Waals surface area contributed by atoms with Gasteiger partial charge < -0.3 is 4.18 Å². The molecule has 0 amide bonds. The zero-order valence-corrected chi connectivity index (χ0v) is 11.8. The Balaban J connectivity index is 3.39. The van der Waals surface area contributed by atoms with Gasteiger partial charge in [-0.15, -0.1) is 0 Å². The summed E-state index contributed by atoms with van der Waals surface area (Å²) in [5, 5.41) is 0. The number of hydrogen-bond donors (Lipinski definition) is 0. The summed E-state index contributed by atoms with van der Waals surface area (Å²) in [4.78, 5) is 0. The maximum absolute atomic E-state index is 11.3. The van der Waals surface area contributed by atoms with E-state index < -0.39 is 10.1 Å². The summed E-state index contributed by atoms with van der Waals surface area (Å²) >= 11 is 0. The minimum Gasteiger partial charge on any atom is -0.382 e. The van der Waals surface area contributed by atoms with Crippen LogP contribution in [0, 0.1) is 0 Å². The molecule has 3 nitrogen and oxygen atoms in total. The van der Waals surface area contributed by atoms with Gasteiger partial charge in [0.2, 0.25) is 0 Å². The monoisotopic (exact) mass is 256 g/mol. The summed E-state index contributed by atoms with van der Waals surface area (Å²) < 4.78 is 27.8. The largest absolute Gasteiger partial charge is 0.382 e. The van der Waals surface area contributed by atoms with E-state index in [1.807, 2.05) is 45.9 Å². The van der Waals surface area contributed by atoms with E-state index in [2.05, 4.69) is 0 Å². The Bertz CT molecular complexity index is 461. The summed E-state index contributed by atoms with van der Waals surface area (Å²) in [6.45, 7) is 8.09. The van der Waals surface area contributed by atoms with Crippen molar-refractivity contribution in [3.63, 3.8) is 0 Å². The normalized spacial score (nSPS) is 12.2. The Morgan fingerprint density at radius 3 is 1.71 bits per heavy atom. The number of hydrogen-bond acceptors (Lipinski definition) is 3. The molecular weight excluding hydrogens is 236 g/mol. The van der Waals surface area contributed by atoms with Gasteiger partial charge in [0.05, 0.1) is 6.26 Å². The molecule has 4 heteroatoms. The van der Waals surface area contributed by atoms with Crippen LogP contribution in [0.4, 0.5) is 0 Å². The first-order valence-electron chi connectivity index (χ1n) is 5.74. The minimum absolute atomic E-state index is 0.227. The number of para-hydroxylation sites is 1. The van der Waals surface area contributed by atoms with Crippen molar-refractivity contribution in [2.24, 2.45) is 0 Å². The molecule has 0 atom stereocenters. The van der Waals surface area contributed by atoms with Gasteiger partial charge in [-0.25, -0.2) is 0 Å². The van der Waals surface area contributed by atoms with Crippen molar-refractivity contribution in [3.8, 4) is 5.75 Å². The van der Waals surface area contributed by atoms with Gasteiger partial charge in [0.1, 0.15) is 5.75 Å². The van der Waals surface area contributed by atoms with Crippen LogP contribution in [0.1, 0.15) is 50.7 Å². The van der Waals surface area contributed by atoms with Crippen molar-refractivity contribution in [1.29, 1.82) is 0 Å². The molecule has 0 spiro atoms. The predicted molar refractivity (Wildman–Crippen MR) is 70.1 cm³/mol. The smallest absolute Gasteiger partial charge is 0.306 e. The van der Waals surface area contributed by atoms with E-state index in [0.29, 0.717) is 5.75 Å². The second kappa shape index (κ2) is 5.08. The first kappa shape index (κ1) is 14.0. The van der Waals surface area contributed by atoms with Gasteiger partial charge in [-0.2, -0.15) is 8.42 Å². The second-order valence-electron chi connectivity index (χ2n) is 4.86. The van der Waals surface area contributed by atoms with Crippen molar-refractivity contribution in [3.05, 3.63) is 29.3 Å². The molecule has 0 fully saturated rings. The molecule has 0 saturated heterocycles. The van der Waals surface area contributed by atoms with Gasteiger partial charge in [0.15, 0.2) is 0 Å². The van der Waals surface area contributed by atoms with E-state index in [4.69, 9.17) is 4.18 Å². The fourth-order valence-corrected chi connectivity index (χ4v) is 2.23. The number of rotatable bonds is 4. The summed E-state index contributed by atoms with van der Waals surface area (Å²) in [5.41, 5.74) is 1.86. The standard InChI is InChI=1S/C13H20O3S/c1-9(2)11-7-6-8-12(10(3)4)13(11)16-17(5,14)15/h6-10H,1-5H3. The lowest BCUT2D eigenvalue weighted by Crippen LogP contribution is -2.10. The van der Waals surface area contributed by atoms with E-state index in [9.17, 15) is 8.42 Å². The number of benzene rings is 1. The van der Waals surface area contributed by atoms with Crippen LogP contribution in [0.25, 0.3) is 0 Å². The fourth-order valence-electron chi connectivity index (χ4n) is 1.73. The Morgan fingerprint density at radius 1 is 1.00 bits per heavy atom. The van der Waals surface area contributed by atoms with Gasteiger partial charge >= 0.3 is 10.1 Å². The second-order valence-corrected chi connectivity index (χ2v) is 6.44. The Hall–Kier alpha value is -1.03. The third-order valence-corrected chi connectivity index (χ3v) is 3.02. The Labute approximate surface area is 104 Å². The van der Waals surface area contributed by atoms with Crippen LogP contribution in [-0.2, 0) is 10.1 Å². The molecule has 0 N–H and O–H groups in total. The van der Waals surface area contributed by atoms with Gasteiger partial charge in [-0.05, 0) is 23.0 Å². The average molecular weight is 256 g/mol. The minimum atomic E-state index is -3.49. The van der Waals surface area contributed by atoms with E-state index in [1.54, 1.807) is 0 Å². The summed E-state index contributed by atoms with van der Waals surface area (Å²) in [6, 6.07) is 5.77. The Morgan fingerprint density at radius 2 is 1.41 bits per heavy atom. The molecule has 1 aromatic carbocycles. The first-order valence-corrected chi connectivity index (χ1v) is 7.56. The topological polar surface area (TPSA) is 43.4 Å². The molecule has 0 radical (unpaired) electrons. The molecule has 0 aliphatic carbocycles. The van der Waals surface area contributed by atoms with Crippen LogP contribution in [0.3, 0.4) is 0 Å². The van der Waals surface area contributed by atoms with Crippen LogP contribution in [0.2, 0.25) is 0 Å². The van der Waals surface area contributed by atoms with Crippen LogP contribution in [0.5, 0.6) is 5.75 Å². The van der Waals surface area contributed by atoms with E-state index >= 15 is 0 Å². The van der Waals surface area contributed by atoms with Crippen molar-refractivity contribution < 1.29 is 12.6 Å². The quantitative estimate of drug-likeness (QED) is 0.776. The summed E-state index contributed by atoms with van der Waals surface area (Å²) in [6.07, 6.45) is 1.08. The van der Waals surface area contributed by atoms with Gasteiger partial charge in [0, 0.05) is 0 Å². The molecule has 0 aromatic heterocycles. The molecule has 0 saturated carbocycles. The zero-order chi connectivity index (χ0) is 13.2. The average Bonchev–Trinajstić information content (AvgIpc) is 2.14. The first-order chi connectivity index (χ1) is 7.72. The molecule has 0 bridgehead atoms. The Kier molecular flexibility index (Phi) is 4.20. The SMILES string of the molecule is CC(C)c1cccc(C(C)C)c1OS(C)(=O)=O. The molecule has 0 aliphatic rings. The highest BCUT2D eigenvalue weighted by atomic mass is 32.2. The lowest BCUT2D eigenvalue weighted by Gasteiger charge is -2.18. The van der Waals surface area contributed by atoms with Crippen molar-refractivity contribution in [2.45, 2.75) is 39.5 Å². The molecule has 1 rings (SSSR count). The maximum atomic E-state index is 11.3. The van der Waals surface area contributed by atoms with Gasteiger partial charge in [0.25, 0.3) is 0 Å². The van der Waals surface area contributed by atoms with Crippen LogP contribution in [-0.4, -0.2) is 14.7 Å². The molecule has 0 heterocycles. The highest BCUT2D eigenvalue weighted by molar-refractivity contribution is 7.86. The maximum Gasteiger partial charge on any atom is 0.306 e. The zero-order valence-electron chi connectivity index (χ0n) is 11.0. The van der Waals surface area contributed by atoms with Crippen molar-refractivity contribution in [1.82, 2.24) is 0 Å². The third-order valence-electron chi connectivity index (χ3n) is 2.55. The molecule has 0 unspecified atom stereocenters. The molecule has 96 valence electrons. The molecule has 1 aromatic rings. The van der Waals surface area contributed by atoms with Crippen LogP contribution < -0.4 is 4.18 Å². The van der Waals surface area contributed by atoms with Gasteiger partial charge in [-0.1, -0.05) is 45.9 Å². The van der Waals surface area contributed by atoms with Crippen molar-refractivity contribution in [2.75, 3.05) is 6.26 Å². The third kappa shape index (κ3) is 3.73. The van der Waals surface area contributed by atoms with E-state index in [-0.39, 0.29) is 11.8 Å². The predicted octanol–water partition coefficient (Wildman–Crippen LogP) is 3.27.